The lowest BCUT2D eigenvalue weighted by molar-refractivity contribution is -0.114. The number of Topliss-reactive ketones (excluding diaryl/α,β-unsaturated/α-hetero) is 1. The molecule has 5 heteroatoms. The molecule has 5 nitrogen and oxygen atoms in total. The van der Waals surface area contributed by atoms with E-state index in [2.05, 4.69) is 0 Å². The summed E-state index contributed by atoms with van der Waals surface area (Å²) in [6.45, 7) is 2.10. The van der Waals surface area contributed by atoms with Crippen LogP contribution in [-0.2, 0) is 11.3 Å². The molecule has 1 aliphatic heterocycles. The highest BCUT2D eigenvalue weighted by Gasteiger charge is 2.35. The number of nitrogens with zero attached hydrogens (tertiary/aromatic N) is 1. The molecule has 0 aliphatic carbocycles. The highest BCUT2D eigenvalue weighted by Crippen LogP contribution is 2.31. The average Bonchev–Trinajstić information content (AvgIpc) is 2.73. The first-order chi connectivity index (χ1) is 10.5. The monoisotopic (exact) mass is 295 g/mol. The Bertz CT molecular complexity index is 793. The lowest BCUT2D eigenvalue weighted by Crippen LogP contribution is -2.29. The Morgan fingerprint density at radius 2 is 1.77 bits per heavy atom. The first-order valence-corrected chi connectivity index (χ1v) is 6.76. The van der Waals surface area contributed by atoms with Gasteiger partial charge in [0.05, 0.1) is 23.4 Å². The molecule has 1 aliphatic rings. The topological polar surface area (TPSA) is 74.7 Å². The number of aromatic carboxylic acids is 1. The van der Waals surface area contributed by atoms with E-state index < -0.39 is 17.7 Å². The second kappa shape index (κ2) is 5.11. The molecular weight excluding hydrogens is 282 g/mol. The van der Waals surface area contributed by atoms with E-state index in [-0.39, 0.29) is 12.1 Å². The first kappa shape index (κ1) is 14.0. The van der Waals surface area contributed by atoms with Crippen molar-refractivity contribution in [2.75, 3.05) is 4.90 Å². The molecule has 0 atom stereocenters. The van der Waals surface area contributed by atoms with Crippen molar-refractivity contribution < 1.29 is 19.5 Å². The minimum absolute atomic E-state index is 0.184. The molecule has 0 bridgehead atoms. The lowest BCUT2D eigenvalue weighted by Gasteiger charge is -2.16. The zero-order valence-corrected chi connectivity index (χ0v) is 11.9. The molecule has 0 aromatic heterocycles. The van der Waals surface area contributed by atoms with Crippen LogP contribution in [0, 0.1) is 6.92 Å². The summed E-state index contributed by atoms with van der Waals surface area (Å²) in [5.41, 5.74) is 2.89. The van der Waals surface area contributed by atoms with Gasteiger partial charge in [0.15, 0.2) is 0 Å². The summed E-state index contributed by atoms with van der Waals surface area (Å²) in [7, 11) is 0. The van der Waals surface area contributed by atoms with Gasteiger partial charge in [-0.3, -0.25) is 9.59 Å². The van der Waals surface area contributed by atoms with Gasteiger partial charge in [-0.25, -0.2) is 4.79 Å². The van der Waals surface area contributed by atoms with Crippen molar-refractivity contribution in [3.05, 3.63) is 64.7 Å². The molecule has 1 heterocycles. The smallest absolute Gasteiger partial charge is 0.335 e. The van der Waals surface area contributed by atoms with Crippen LogP contribution in [0.25, 0.3) is 0 Å². The van der Waals surface area contributed by atoms with Gasteiger partial charge in [-0.2, -0.15) is 0 Å². The molecule has 0 fully saturated rings. The number of hydrogen-bond acceptors (Lipinski definition) is 3. The summed E-state index contributed by atoms with van der Waals surface area (Å²) < 4.78 is 0. The van der Waals surface area contributed by atoms with E-state index in [0.717, 1.165) is 11.1 Å². The molecule has 0 spiro atoms. The Hall–Kier alpha value is -2.95. The number of hydrogen-bond donors (Lipinski definition) is 1. The van der Waals surface area contributed by atoms with Gasteiger partial charge >= 0.3 is 5.97 Å². The van der Waals surface area contributed by atoms with Gasteiger partial charge in [0.2, 0.25) is 0 Å². The Morgan fingerprint density at radius 3 is 2.41 bits per heavy atom. The number of ketones is 1. The third-order valence-electron chi connectivity index (χ3n) is 3.67. The molecule has 0 saturated carbocycles. The van der Waals surface area contributed by atoms with Crippen LogP contribution in [0.3, 0.4) is 0 Å². The average molecular weight is 295 g/mol. The maximum atomic E-state index is 12.1. The SMILES string of the molecule is Cc1ccc2c(c1)C(=O)C(=O)N2Cc1ccc(C(=O)O)cc1. The number of carbonyl (C=O) groups excluding carboxylic acids is 2. The zero-order chi connectivity index (χ0) is 15.9. The van der Waals surface area contributed by atoms with Crippen molar-refractivity contribution in [3.63, 3.8) is 0 Å². The number of amides is 1. The Kier molecular flexibility index (Phi) is 3.25. The molecule has 22 heavy (non-hydrogen) atoms. The first-order valence-electron chi connectivity index (χ1n) is 6.76. The maximum Gasteiger partial charge on any atom is 0.335 e. The Labute approximate surface area is 126 Å². The van der Waals surface area contributed by atoms with Crippen LogP contribution in [0.1, 0.15) is 31.8 Å². The second-order valence-electron chi connectivity index (χ2n) is 5.24. The Balaban J connectivity index is 1.91. The molecule has 1 amide bonds. The van der Waals surface area contributed by atoms with E-state index in [1.807, 2.05) is 13.0 Å². The number of carbonyl (C=O) groups is 3. The minimum atomic E-state index is -1.00. The van der Waals surface area contributed by atoms with Crippen LogP contribution in [0.4, 0.5) is 5.69 Å². The summed E-state index contributed by atoms with van der Waals surface area (Å²) in [5, 5.41) is 8.88. The van der Waals surface area contributed by atoms with Crippen molar-refractivity contribution in [2.45, 2.75) is 13.5 Å². The standard InChI is InChI=1S/C17H13NO4/c1-10-2-7-14-13(8-10)15(19)16(20)18(14)9-11-3-5-12(6-4-11)17(21)22/h2-8H,9H2,1H3,(H,21,22). The maximum absolute atomic E-state index is 12.1. The summed E-state index contributed by atoms with van der Waals surface area (Å²) in [5.74, 6) is -2.05. The number of fused-ring (bicyclic) bond motifs is 1. The summed E-state index contributed by atoms with van der Waals surface area (Å²) in [6.07, 6.45) is 0. The van der Waals surface area contributed by atoms with Crippen LogP contribution in [0.2, 0.25) is 0 Å². The number of benzene rings is 2. The number of anilines is 1. The van der Waals surface area contributed by atoms with Gasteiger partial charge in [0.25, 0.3) is 11.7 Å². The van der Waals surface area contributed by atoms with Crippen molar-refractivity contribution in [2.24, 2.45) is 0 Å². The number of rotatable bonds is 3. The third-order valence-corrected chi connectivity index (χ3v) is 3.67. The largest absolute Gasteiger partial charge is 0.478 e. The summed E-state index contributed by atoms with van der Waals surface area (Å²) >= 11 is 0. The molecular formula is C17H13NO4. The van der Waals surface area contributed by atoms with Crippen LogP contribution in [0.5, 0.6) is 0 Å². The molecule has 110 valence electrons. The van der Waals surface area contributed by atoms with Gasteiger partial charge in [-0.05, 0) is 36.8 Å². The van der Waals surface area contributed by atoms with Gasteiger partial charge in [-0.1, -0.05) is 23.8 Å². The van der Waals surface area contributed by atoms with E-state index in [1.165, 1.54) is 17.0 Å². The lowest BCUT2D eigenvalue weighted by atomic mass is 10.1. The van der Waals surface area contributed by atoms with Crippen molar-refractivity contribution in [1.82, 2.24) is 0 Å². The fraction of sp³-hybridized carbons (Fsp3) is 0.118. The summed E-state index contributed by atoms with van der Waals surface area (Å²) in [4.78, 5) is 36.4. The van der Waals surface area contributed by atoms with E-state index in [9.17, 15) is 14.4 Å². The van der Waals surface area contributed by atoms with Crippen LogP contribution in [-0.4, -0.2) is 22.8 Å². The molecule has 1 N–H and O–H groups in total. The second-order valence-corrected chi connectivity index (χ2v) is 5.24. The number of carboxylic acids is 1. The van der Waals surface area contributed by atoms with Crippen LogP contribution in [0.15, 0.2) is 42.5 Å². The van der Waals surface area contributed by atoms with Gasteiger partial charge in [0.1, 0.15) is 0 Å². The van der Waals surface area contributed by atoms with E-state index in [1.54, 1.807) is 24.3 Å². The number of aryl methyl sites for hydroxylation is 1. The molecule has 0 radical (unpaired) electrons. The predicted molar refractivity (Wildman–Crippen MR) is 80.1 cm³/mol. The van der Waals surface area contributed by atoms with Crippen molar-refractivity contribution >= 4 is 23.3 Å². The predicted octanol–water partition coefficient (Wildman–Crippen LogP) is 2.42. The molecule has 0 saturated heterocycles. The fourth-order valence-corrected chi connectivity index (χ4v) is 2.51. The van der Waals surface area contributed by atoms with E-state index in [0.29, 0.717) is 11.3 Å². The van der Waals surface area contributed by atoms with Gasteiger partial charge < -0.3 is 10.0 Å². The van der Waals surface area contributed by atoms with E-state index in [4.69, 9.17) is 5.11 Å². The fourth-order valence-electron chi connectivity index (χ4n) is 2.51. The number of carboxylic acid groups (broad SMARTS) is 1. The van der Waals surface area contributed by atoms with Crippen LogP contribution < -0.4 is 4.90 Å². The van der Waals surface area contributed by atoms with Crippen molar-refractivity contribution in [3.8, 4) is 0 Å². The summed E-state index contributed by atoms with van der Waals surface area (Å²) in [6, 6.07) is 11.6. The molecule has 2 aromatic carbocycles. The van der Waals surface area contributed by atoms with Gasteiger partial charge in [0, 0.05) is 0 Å². The molecule has 0 unspecified atom stereocenters. The Morgan fingerprint density at radius 1 is 1.09 bits per heavy atom. The minimum Gasteiger partial charge on any atom is -0.478 e. The van der Waals surface area contributed by atoms with Crippen LogP contribution >= 0.6 is 0 Å². The van der Waals surface area contributed by atoms with E-state index >= 15 is 0 Å². The van der Waals surface area contributed by atoms with Crippen molar-refractivity contribution in [1.29, 1.82) is 0 Å². The molecule has 3 rings (SSSR count). The third kappa shape index (κ3) is 2.26. The highest BCUT2D eigenvalue weighted by molar-refractivity contribution is 6.52. The van der Waals surface area contributed by atoms with Gasteiger partial charge in [-0.15, -0.1) is 0 Å². The zero-order valence-electron chi connectivity index (χ0n) is 11.9. The highest BCUT2D eigenvalue weighted by atomic mass is 16.4. The molecule has 2 aromatic rings. The normalized spacial score (nSPS) is 13.4. The quantitative estimate of drug-likeness (QED) is 0.882.